The fourth-order valence-corrected chi connectivity index (χ4v) is 2.15. The van der Waals surface area contributed by atoms with Gasteiger partial charge in [-0.3, -0.25) is 9.69 Å². The number of halogens is 3. The third-order valence-corrected chi connectivity index (χ3v) is 3.18. The molecule has 4 nitrogen and oxygen atoms in total. The van der Waals surface area contributed by atoms with E-state index >= 15 is 0 Å². The number of carbonyl (C=O) groups excluding carboxylic acids is 1. The summed E-state index contributed by atoms with van der Waals surface area (Å²) in [5, 5.41) is 9.15. The molecule has 0 unspecified atom stereocenters. The Labute approximate surface area is 114 Å². The molecule has 1 aromatic carbocycles. The first-order valence-electron chi connectivity index (χ1n) is 6.22. The number of rotatable bonds is 2. The maximum absolute atomic E-state index is 12.3. The van der Waals surface area contributed by atoms with Crippen LogP contribution in [0.1, 0.15) is 10.4 Å². The van der Waals surface area contributed by atoms with Crippen molar-refractivity contribution in [1.29, 1.82) is 0 Å². The molecule has 110 valence electrons. The molecule has 7 heteroatoms. The molecule has 1 aromatic rings. The average molecular weight is 288 g/mol. The molecule has 0 atom stereocenters. The number of nitrogens with zero attached hydrogens (tertiary/aromatic N) is 2. The maximum Gasteiger partial charge on any atom is 0.401 e. The molecule has 0 radical (unpaired) electrons. The SMILES string of the molecule is O=C(c1ccc(O)cc1)N1CCN(CC(F)(F)F)CC1. The Kier molecular flexibility index (Phi) is 4.17. The highest BCUT2D eigenvalue weighted by Gasteiger charge is 2.32. The fraction of sp³-hybridized carbons (Fsp3) is 0.462. The largest absolute Gasteiger partial charge is 0.508 e. The summed E-state index contributed by atoms with van der Waals surface area (Å²) >= 11 is 0. The van der Waals surface area contributed by atoms with Gasteiger partial charge in [-0.1, -0.05) is 0 Å². The van der Waals surface area contributed by atoms with Gasteiger partial charge in [0, 0.05) is 31.7 Å². The zero-order chi connectivity index (χ0) is 14.8. The first kappa shape index (κ1) is 14.6. The van der Waals surface area contributed by atoms with Crippen LogP contribution in [-0.2, 0) is 0 Å². The Morgan fingerprint density at radius 1 is 1.10 bits per heavy atom. The molecule has 0 aliphatic carbocycles. The average Bonchev–Trinajstić information content (AvgIpc) is 2.38. The van der Waals surface area contributed by atoms with E-state index in [-0.39, 0.29) is 37.8 Å². The van der Waals surface area contributed by atoms with E-state index in [9.17, 15) is 18.0 Å². The second-order valence-corrected chi connectivity index (χ2v) is 4.73. The smallest absolute Gasteiger partial charge is 0.401 e. The minimum Gasteiger partial charge on any atom is -0.508 e. The van der Waals surface area contributed by atoms with E-state index in [2.05, 4.69) is 0 Å². The Hall–Kier alpha value is -1.76. The Balaban J connectivity index is 1.90. The van der Waals surface area contributed by atoms with Crippen LogP contribution in [0.15, 0.2) is 24.3 Å². The topological polar surface area (TPSA) is 43.8 Å². The van der Waals surface area contributed by atoms with Gasteiger partial charge in [-0.25, -0.2) is 0 Å². The van der Waals surface area contributed by atoms with Gasteiger partial charge in [0.1, 0.15) is 5.75 Å². The maximum atomic E-state index is 12.3. The van der Waals surface area contributed by atoms with Crippen LogP contribution in [-0.4, -0.2) is 59.7 Å². The van der Waals surface area contributed by atoms with E-state index in [0.717, 1.165) is 0 Å². The number of hydrogen-bond donors (Lipinski definition) is 1. The molecule has 1 aliphatic rings. The summed E-state index contributed by atoms with van der Waals surface area (Å²) in [7, 11) is 0. The van der Waals surface area contributed by atoms with Crippen molar-refractivity contribution in [3.63, 3.8) is 0 Å². The molecule has 0 saturated carbocycles. The van der Waals surface area contributed by atoms with Crippen molar-refractivity contribution < 1.29 is 23.1 Å². The number of benzene rings is 1. The predicted octanol–water partition coefficient (Wildman–Crippen LogP) is 1.71. The van der Waals surface area contributed by atoms with Crippen molar-refractivity contribution in [3.8, 4) is 5.75 Å². The monoisotopic (exact) mass is 288 g/mol. The predicted molar refractivity (Wildman–Crippen MR) is 66.5 cm³/mol. The highest BCUT2D eigenvalue weighted by molar-refractivity contribution is 5.94. The lowest BCUT2D eigenvalue weighted by Crippen LogP contribution is -2.50. The first-order valence-corrected chi connectivity index (χ1v) is 6.22. The molecule has 0 bridgehead atoms. The summed E-state index contributed by atoms with van der Waals surface area (Å²) in [6, 6.07) is 5.82. The molecular formula is C13H15F3N2O2. The second kappa shape index (κ2) is 5.70. The lowest BCUT2D eigenvalue weighted by atomic mass is 10.1. The van der Waals surface area contributed by atoms with Crippen LogP contribution in [0, 0.1) is 0 Å². The van der Waals surface area contributed by atoms with E-state index < -0.39 is 12.7 Å². The lowest BCUT2D eigenvalue weighted by molar-refractivity contribution is -0.148. The van der Waals surface area contributed by atoms with Crippen LogP contribution in [0.2, 0.25) is 0 Å². The first-order chi connectivity index (χ1) is 9.35. The molecule has 1 amide bonds. The number of hydrogen-bond acceptors (Lipinski definition) is 3. The summed E-state index contributed by atoms with van der Waals surface area (Å²) in [6.07, 6.45) is -4.21. The summed E-state index contributed by atoms with van der Waals surface area (Å²) in [6.45, 7) is 0.0342. The van der Waals surface area contributed by atoms with Gasteiger partial charge in [0.2, 0.25) is 0 Å². The molecule has 20 heavy (non-hydrogen) atoms. The molecule has 1 N–H and O–H groups in total. The van der Waals surface area contributed by atoms with E-state index in [1.54, 1.807) is 0 Å². The van der Waals surface area contributed by atoms with Crippen molar-refractivity contribution in [2.45, 2.75) is 6.18 Å². The molecule has 1 saturated heterocycles. The van der Waals surface area contributed by atoms with Gasteiger partial charge in [-0.05, 0) is 24.3 Å². The number of phenolic OH excluding ortho intramolecular Hbond substituents is 1. The van der Waals surface area contributed by atoms with E-state index in [1.807, 2.05) is 0 Å². The van der Waals surface area contributed by atoms with Gasteiger partial charge >= 0.3 is 6.18 Å². The second-order valence-electron chi connectivity index (χ2n) is 4.73. The van der Waals surface area contributed by atoms with Crippen molar-refractivity contribution >= 4 is 5.91 Å². The van der Waals surface area contributed by atoms with Crippen molar-refractivity contribution in [3.05, 3.63) is 29.8 Å². The molecule has 1 aliphatic heterocycles. The lowest BCUT2D eigenvalue weighted by Gasteiger charge is -2.35. The van der Waals surface area contributed by atoms with E-state index in [0.29, 0.717) is 5.56 Å². The van der Waals surface area contributed by atoms with Crippen LogP contribution in [0.25, 0.3) is 0 Å². The van der Waals surface area contributed by atoms with Crippen LogP contribution in [0.3, 0.4) is 0 Å². The molecule has 0 spiro atoms. The highest BCUT2D eigenvalue weighted by Crippen LogP contribution is 2.18. The molecule has 2 rings (SSSR count). The van der Waals surface area contributed by atoms with E-state index in [4.69, 9.17) is 5.11 Å². The number of piperazine rings is 1. The van der Waals surface area contributed by atoms with Crippen LogP contribution in [0.5, 0.6) is 5.75 Å². The molecular weight excluding hydrogens is 273 g/mol. The molecule has 1 fully saturated rings. The summed E-state index contributed by atoms with van der Waals surface area (Å²) in [5.41, 5.74) is 0.423. The minimum atomic E-state index is -4.21. The van der Waals surface area contributed by atoms with E-state index in [1.165, 1.54) is 34.1 Å². The van der Waals surface area contributed by atoms with Gasteiger partial charge in [0.05, 0.1) is 6.54 Å². The number of alkyl halides is 3. The standard InChI is InChI=1S/C13H15F3N2O2/c14-13(15,16)9-17-5-7-18(8-6-17)12(20)10-1-3-11(19)4-2-10/h1-4,19H,5-9H2. The van der Waals surface area contributed by atoms with Gasteiger partial charge in [-0.15, -0.1) is 0 Å². The molecule has 0 aromatic heterocycles. The number of amides is 1. The third kappa shape index (κ3) is 3.86. The Morgan fingerprint density at radius 3 is 2.15 bits per heavy atom. The zero-order valence-corrected chi connectivity index (χ0v) is 10.7. The number of aromatic hydroxyl groups is 1. The van der Waals surface area contributed by atoms with Crippen LogP contribution in [0.4, 0.5) is 13.2 Å². The van der Waals surface area contributed by atoms with Crippen LogP contribution < -0.4 is 0 Å². The number of phenols is 1. The number of carbonyl (C=O) groups is 1. The van der Waals surface area contributed by atoms with Crippen molar-refractivity contribution in [2.24, 2.45) is 0 Å². The van der Waals surface area contributed by atoms with Gasteiger partial charge in [0.25, 0.3) is 5.91 Å². The summed E-state index contributed by atoms with van der Waals surface area (Å²) in [4.78, 5) is 14.9. The van der Waals surface area contributed by atoms with Crippen LogP contribution >= 0.6 is 0 Å². The van der Waals surface area contributed by atoms with Crippen molar-refractivity contribution in [1.82, 2.24) is 9.80 Å². The Morgan fingerprint density at radius 2 is 1.65 bits per heavy atom. The summed E-state index contributed by atoms with van der Waals surface area (Å²) in [5.74, 6) is -0.159. The van der Waals surface area contributed by atoms with Gasteiger partial charge < -0.3 is 10.0 Å². The normalized spacial score (nSPS) is 17.2. The minimum absolute atomic E-state index is 0.0662. The Bertz CT molecular complexity index is 465. The van der Waals surface area contributed by atoms with Crippen molar-refractivity contribution in [2.75, 3.05) is 32.7 Å². The summed E-state index contributed by atoms with van der Waals surface area (Å²) < 4.78 is 36.8. The van der Waals surface area contributed by atoms with Gasteiger partial charge in [-0.2, -0.15) is 13.2 Å². The zero-order valence-electron chi connectivity index (χ0n) is 10.7. The quantitative estimate of drug-likeness (QED) is 0.901. The third-order valence-electron chi connectivity index (χ3n) is 3.18. The van der Waals surface area contributed by atoms with Gasteiger partial charge in [0.15, 0.2) is 0 Å². The highest BCUT2D eigenvalue weighted by atomic mass is 19.4. The molecule has 1 heterocycles. The fourth-order valence-electron chi connectivity index (χ4n) is 2.15.